The Morgan fingerprint density at radius 1 is 1.10 bits per heavy atom. The highest BCUT2D eigenvalue weighted by Crippen LogP contribution is 2.60. The number of carbonyl (C=O) groups is 2. The van der Waals surface area contributed by atoms with E-state index in [1.807, 2.05) is 0 Å². The van der Waals surface area contributed by atoms with Gasteiger partial charge in [0.15, 0.2) is 0 Å². The average molecular weight is 432 g/mol. The van der Waals surface area contributed by atoms with Gasteiger partial charge in [0.05, 0.1) is 13.3 Å². The molecular formula is C21H25BO7S. The molecule has 1 aromatic carbocycles. The van der Waals surface area contributed by atoms with Crippen LogP contribution in [0.15, 0.2) is 18.2 Å². The summed E-state index contributed by atoms with van der Waals surface area (Å²) in [5.74, 6) is -0.0341. The van der Waals surface area contributed by atoms with E-state index in [0.717, 1.165) is 19.3 Å². The minimum Gasteiger partial charge on any atom is -0.461 e. The summed E-state index contributed by atoms with van der Waals surface area (Å²) in [6, 6.07) is 4.64. The molecule has 0 heterocycles. The molecule has 160 valence electrons. The third kappa shape index (κ3) is 4.42. The van der Waals surface area contributed by atoms with Crippen molar-refractivity contribution in [1.82, 2.24) is 0 Å². The van der Waals surface area contributed by atoms with Crippen molar-refractivity contribution in [3.63, 3.8) is 0 Å². The number of benzene rings is 1. The van der Waals surface area contributed by atoms with Gasteiger partial charge in [0.1, 0.15) is 23.7 Å². The molecule has 4 aliphatic rings. The molecule has 0 saturated heterocycles. The molecule has 2 radical (unpaired) electrons. The van der Waals surface area contributed by atoms with Gasteiger partial charge in [-0.1, -0.05) is 17.9 Å². The highest BCUT2D eigenvalue weighted by atomic mass is 32.2. The minimum absolute atomic E-state index is 0.0283. The third-order valence-electron chi connectivity index (χ3n) is 6.75. The molecule has 1 aromatic rings. The highest BCUT2D eigenvalue weighted by Gasteiger charge is 2.55. The van der Waals surface area contributed by atoms with Crippen molar-refractivity contribution in [2.24, 2.45) is 23.2 Å². The van der Waals surface area contributed by atoms with Gasteiger partial charge in [0.2, 0.25) is 0 Å². The van der Waals surface area contributed by atoms with Crippen molar-refractivity contribution in [2.45, 2.75) is 44.8 Å². The van der Waals surface area contributed by atoms with Crippen LogP contribution in [0.2, 0.25) is 0 Å². The lowest BCUT2D eigenvalue weighted by molar-refractivity contribution is -0.161. The van der Waals surface area contributed by atoms with Crippen LogP contribution in [0, 0.1) is 23.2 Å². The Hall–Kier alpha value is -1.87. The first-order valence-corrected chi connectivity index (χ1v) is 12.0. The van der Waals surface area contributed by atoms with E-state index in [4.69, 9.17) is 21.9 Å². The van der Waals surface area contributed by atoms with Gasteiger partial charge >= 0.3 is 11.9 Å². The molecule has 4 aliphatic carbocycles. The molecule has 0 spiro atoms. The molecule has 30 heavy (non-hydrogen) atoms. The summed E-state index contributed by atoms with van der Waals surface area (Å²) in [7, 11) is 1.45. The fourth-order valence-corrected chi connectivity index (χ4v) is 6.13. The molecule has 0 aliphatic heterocycles. The van der Waals surface area contributed by atoms with Gasteiger partial charge in [-0.3, -0.25) is 9.35 Å². The summed E-state index contributed by atoms with van der Waals surface area (Å²) in [5, 5.41) is 0. The van der Waals surface area contributed by atoms with E-state index in [0.29, 0.717) is 23.3 Å². The van der Waals surface area contributed by atoms with Crippen LogP contribution in [0.1, 0.15) is 54.4 Å². The second-order valence-electron chi connectivity index (χ2n) is 9.04. The molecule has 0 unspecified atom stereocenters. The third-order valence-corrected chi connectivity index (χ3v) is 7.43. The molecule has 4 bridgehead atoms. The van der Waals surface area contributed by atoms with Crippen LogP contribution in [0.3, 0.4) is 0 Å². The molecule has 9 heteroatoms. The van der Waals surface area contributed by atoms with Crippen LogP contribution in [0.5, 0.6) is 5.75 Å². The van der Waals surface area contributed by atoms with Crippen LogP contribution in [-0.2, 0) is 26.0 Å². The van der Waals surface area contributed by atoms with E-state index in [-0.39, 0.29) is 23.6 Å². The van der Waals surface area contributed by atoms with Crippen molar-refractivity contribution in [3.05, 3.63) is 29.3 Å². The van der Waals surface area contributed by atoms with E-state index in [2.05, 4.69) is 0 Å². The average Bonchev–Trinajstić information content (AvgIpc) is 2.65. The van der Waals surface area contributed by atoms with Crippen LogP contribution in [0.4, 0.5) is 0 Å². The summed E-state index contributed by atoms with van der Waals surface area (Å²) in [5.41, 5.74) is 0.234. The molecule has 4 saturated carbocycles. The number of ether oxygens (including phenoxy) is 2. The Kier molecular flexibility index (Phi) is 5.70. The molecule has 7 nitrogen and oxygen atoms in total. The minimum atomic E-state index is -4.25. The highest BCUT2D eigenvalue weighted by molar-refractivity contribution is 7.85. The van der Waals surface area contributed by atoms with Gasteiger partial charge in [-0.15, -0.1) is 0 Å². The molecule has 1 N–H and O–H groups in total. The first-order chi connectivity index (χ1) is 14.2. The van der Waals surface area contributed by atoms with E-state index in [9.17, 15) is 18.0 Å². The first kappa shape index (κ1) is 21.4. The molecule has 5 rings (SSSR count). The first-order valence-electron chi connectivity index (χ1n) is 10.3. The molecule has 0 atom stereocenters. The van der Waals surface area contributed by atoms with Gasteiger partial charge in [-0.25, -0.2) is 4.79 Å². The summed E-state index contributed by atoms with van der Waals surface area (Å²) in [6.07, 6.45) is 6.30. The smallest absolute Gasteiger partial charge is 0.341 e. The summed E-state index contributed by atoms with van der Waals surface area (Å²) >= 11 is 0. The Bertz CT molecular complexity index is 921. The predicted molar refractivity (Wildman–Crippen MR) is 109 cm³/mol. The fraction of sp³-hybridized carbons (Fsp3) is 0.619. The van der Waals surface area contributed by atoms with E-state index in [1.54, 1.807) is 12.1 Å². The summed E-state index contributed by atoms with van der Waals surface area (Å²) in [6.45, 7) is -0.501. The fourth-order valence-electron chi connectivity index (χ4n) is 5.83. The second-order valence-corrected chi connectivity index (χ2v) is 10.6. The van der Waals surface area contributed by atoms with Crippen molar-refractivity contribution in [3.8, 4) is 5.75 Å². The zero-order chi connectivity index (χ0) is 21.5. The topological polar surface area (TPSA) is 107 Å². The second kappa shape index (κ2) is 8.00. The Morgan fingerprint density at radius 2 is 1.70 bits per heavy atom. The Morgan fingerprint density at radius 3 is 2.23 bits per heavy atom. The number of hydrogen-bond acceptors (Lipinski definition) is 6. The standard InChI is InChI=1S/C21H25BO7S/c22-12-13-1-2-17(19(23)28-3-4-30(25,26)27)18(8-13)29-20(24)21-9-14-5-15(10-21)7-16(6-14)11-21/h1-2,8,14-16H,3-7,9-12H2,(H,25,26,27). The zero-order valence-electron chi connectivity index (χ0n) is 16.7. The van der Waals surface area contributed by atoms with Crippen molar-refractivity contribution in [2.75, 3.05) is 12.4 Å². The number of hydrogen-bond donors (Lipinski definition) is 1. The summed E-state index contributed by atoms with van der Waals surface area (Å²) < 4.78 is 41.2. The van der Waals surface area contributed by atoms with Crippen LogP contribution in [0.25, 0.3) is 0 Å². The van der Waals surface area contributed by atoms with Crippen LogP contribution >= 0.6 is 0 Å². The van der Waals surface area contributed by atoms with Crippen molar-refractivity contribution < 1.29 is 32.0 Å². The molecular weight excluding hydrogens is 407 g/mol. The van der Waals surface area contributed by atoms with Gasteiger partial charge < -0.3 is 9.47 Å². The lowest BCUT2D eigenvalue weighted by atomic mass is 9.49. The lowest BCUT2D eigenvalue weighted by Gasteiger charge is -2.55. The normalized spacial score (nSPS) is 29.6. The molecule has 0 amide bonds. The number of rotatable bonds is 7. The van der Waals surface area contributed by atoms with Crippen molar-refractivity contribution in [1.29, 1.82) is 0 Å². The Balaban J connectivity index is 1.53. The monoisotopic (exact) mass is 432 g/mol. The summed E-state index contributed by atoms with van der Waals surface area (Å²) in [4.78, 5) is 25.7. The zero-order valence-corrected chi connectivity index (χ0v) is 17.5. The van der Waals surface area contributed by atoms with Crippen molar-refractivity contribution >= 4 is 29.9 Å². The van der Waals surface area contributed by atoms with E-state index < -0.39 is 33.9 Å². The maximum atomic E-state index is 13.3. The van der Waals surface area contributed by atoms with E-state index >= 15 is 0 Å². The maximum Gasteiger partial charge on any atom is 0.341 e. The lowest BCUT2D eigenvalue weighted by Crippen LogP contribution is -2.51. The van der Waals surface area contributed by atoms with Gasteiger partial charge in [-0.2, -0.15) is 8.42 Å². The van der Waals surface area contributed by atoms with E-state index in [1.165, 1.54) is 25.3 Å². The van der Waals surface area contributed by atoms with Gasteiger partial charge in [-0.05, 0) is 68.4 Å². The van der Waals surface area contributed by atoms with Gasteiger partial charge in [0, 0.05) is 0 Å². The predicted octanol–water partition coefficient (Wildman–Crippen LogP) is 2.52. The number of carbonyl (C=O) groups excluding carboxylic acids is 2. The Labute approximate surface area is 177 Å². The largest absolute Gasteiger partial charge is 0.461 e. The van der Waals surface area contributed by atoms with Crippen LogP contribution < -0.4 is 4.74 Å². The SMILES string of the molecule is [B]Cc1ccc(C(=O)OCCS(=O)(=O)O)c(OC(=O)C23CC4CC(CC(C4)C2)C3)c1. The van der Waals surface area contributed by atoms with Gasteiger partial charge in [0.25, 0.3) is 10.1 Å². The molecule has 4 fully saturated rings. The maximum absolute atomic E-state index is 13.3. The number of esters is 2. The van der Waals surface area contributed by atoms with Crippen LogP contribution in [-0.4, -0.2) is 45.1 Å². The quantitative estimate of drug-likeness (QED) is 0.305. The molecule has 0 aromatic heterocycles.